The summed E-state index contributed by atoms with van der Waals surface area (Å²) in [5, 5.41) is 10.6. The Bertz CT molecular complexity index is 1770. The van der Waals surface area contributed by atoms with Gasteiger partial charge in [-0.1, -0.05) is 318 Å². The topological polar surface area (TPSA) is 237 Å². The van der Waals surface area contributed by atoms with Gasteiger partial charge >= 0.3 is 39.5 Å². The van der Waals surface area contributed by atoms with Crippen molar-refractivity contribution in [2.45, 2.75) is 387 Å². The molecule has 0 aromatic carbocycles. The highest BCUT2D eigenvalue weighted by atomic mass is 31.2. The van der Waals surface area contributed by atoms with E-state index in [4.69, 9.17) is 37.0 Å². The van der Waals surface area contributed by atoms with E-state index in [9.17, 15) is 43.2 Å². The van der Waals surface area contributed by atoms with Crippen LogP contribution < -0.4 is 0 Å². The SMILES string of the molecule is CCCCCCCCCCCCCCCCCCC(=O)O[C@H](COC(=O)CCCCCCCCCCCCCCC(C)C)COP(=O)(O)OC[C@@H](O)COP(=O)(O)OC[C@@H](COC(=O)CCCCCCCCCC)OC(=O)CCCCCCCCCCC(C)CC. The number of hydrogen-bond donors (Lipinski definition) is 3. The normalized spacial score (nSPS) is 14.4. The van der Waals surface area contributed by atoms with Crippen LogP contribution in [0.15, 0.2) is 0 Å². The number of phosphoric acid groups is 2. The van der Waals surface area contributed by atoms with Crippen LogP contribution in [0.4, 0.5) is 0 Å². The molecule has 0 saturated carbocycles. The van der Waals surface area contributed by atoms with E-state index in [1.165, 1.54) is 180 Å². The maximum Gasteiger partial charge on any atom is 0.472 e. The molecule has 0 heterocycles. The average Bonchev–Trinajstić information content (AvgIpc) is 3.21. The standard InChI is InChI=1S/C72H140O17P2/c1-7-10-12-14-16-18-19-20-21-22-23-28-31-38-44-50-56-71(76)88-68(61-83-70(75)55-49-43-37-30-27-25-24-26-29-34-40-46-52-64(4)5)63-87-91(80,81)85-59-66(73)58-84-90(78,79)86-62-67(60-82-69(74)54-48-42-36-17-15-13-11-8-2)89-72(77)57-51-45-39-33-32-35-41-47-53-65(6)9-3/h64-68,73H,7-63H2,1-6H3,(H,78,79)(H,80,81)/t65?,66-,67+,68+/m0/s1. The first-order valence-corrected chi connectivity index (χ1v) is 40.5. The van der Waals surface area contributed by atoms with Crippen molar-refractivity contribution < 1.29 is 80.2 Å². The van der Waals surface area contributed by atoms with Gasteiger partial charge in [0, 0.05) is 25.7 Å². The first-order chi connectivity index (χ1) is 43.9. The van der Waals surface area contributed by atoms with Gasteiger partial charge in [0.15, 0.2) is 12.2 Å². The molecular weight excluding hydrogens is 1200 g/mol. The molecule has 3 unspecified atom stereocenters. The minimum Gasteiger partial charge on any atom is -0.462 e. The molecule has 0 saturated heterocycles. The van der Waals surface area contributed by atoms with Gasteiger partial charge in [0.05, 0.1) is 26.4 Å². The highest BCUT2D eigenvalue weighted by Crippen LogP contribution is 2.45. The lowest BCUT2D eigenvalue weighted by Crippen LogP contribution is -2.30. The van der Waals surface area contributed by atoms with Crippen LogP contribution in [0.5, 0.6) is 0 Å². The summed E-state index contributed by atoms with van der Waals surface area (Å²) in [4.78, 5) is 72.6. The van der Waals surface area contributed by atoms with E-state index >= 15 is 0 Å². The Morgan fingerprint density at radius 3 is 0.835 bits per heavy atom. The van der Waals surface area contributed by atoms with E-state index in [0.29, 0.717) is 25.7 Å². The smallest absolute Gasteiger partial charge is 0.462 e. The Balaban J connectivity index is 5.23. The summed E-state index contributed by atoms with van der Waals surface area (Å²) in [6, 6.07) is 0. The summed E-state index contributed by atoms with van der Waals surface area (Å²) in [6.45, 7) is 9.55. The molecule has 0 radical (unpaired) electrons. The van der Waals surface area contributed by atoms with Crippen molar-refractivity contribution in [2.75, 3.05) is 39.6 Å². The minimum absolute atomic E-state index is 0.105. The summed E-state index contributed by atoms with van der Waals surface area (Å²) in [7, 11) is -9.90. The van der Waals surface area contributed by atoms with Gasteiger partial charge in [-0.25, -0.2) is 9.13 Å². The van der Waals surface area contributed by atoms with Crippen molar-refractivity contribution in [3.05, 3.63) is 0 Å². The van der Waals surface area contributed by atoms with Crippen LogP contribution in [0.25, 0.3) is 0 Å². The quantitative estimate of drug-likeness (QED) is 0.0222. The number of carbonyl (C=O) groups is 4. The first-order valence-electron chi connectivity index (χ1n) is 37.5. The molecule has 91 heavy (non-hydrogen) atoms. The number of aliphatic hydroxyl groups excluding tert-OH is 1. The molecule has 0 bridgehead atoms. The molecule has 3 N–H and O–H groups in total. The van der Waals surface area contributed by atoms with Gasteiger partial charge in [0.25, 0.3) is 0 Å². The molecule has 0 aliphatic carbocycles. The number of carbonyl (C=O) groups excluding carboxylic acids is 4. The number of rotatable bonds is 71. The number of phosphoric ester groups is 2. The second-order valence-electron chi connectivity index (χ2n) is 26.7. The third kappa shape index (κ3) is 65.1. The molecule has 0 aromatic heterocycles. The molecule has 540 valence electrons. The maximum absolute atomic E-state index is 13.0. The van der Waals surface area contributed by atoms with Gasteiger partial charge in [-0.2, -0.15) is 0 Å². The van der Waals surface area contributed by atoms with Crippen LogP contribution in [0, 0.1) is 11.8 Å². The molecule has 0 fully saturated rings. The molecule has 0 amide bonds. The van der Waals surface area contributed by atoms with Gasteiger partial charge in [0.1, 0.15) is 19.3 Å². The minimum atomic E-state index is -4.95. The molecule has 6 atom stereocenters. The Hall–Kier alpha value is -1.94. The Morgan fingerprint density at radius 1 is 0.319 bits per heavy atom. The molecule has 0 spiro atoms. The Kier molecular flexibility index (Phi) is 62.7. The molecule has 0 aliphatic rings. The zero-order chi connectivity index (χ0) is 67.2. The third-order valence-corrected chi connectivity index (χ3v) is 19.0. The lowest BCUT2D eigenvalue weighted by molar-refractivity contribution is -0.161. The lowest BCUT2D eigenvalue weighted by Gasteiger charge is -2.21. The van der Waals surface area contributed by atoms with Gasteiger partial charge in [-0.15, -0.1) is 0 Å². The van der Waals surface area contributed by atoms with E-state index in [-0.39, 0.29) is 25.7 Å². The molecule has 0 rings (SSSR count). The van der Waals surface area contributed by atoms with Crippen molar-refractivity contribution in [3.8, 4) is 0 Å². The summed E-state index contributed by atoms with van der Waals surface area (Å²) in [5.41, 5.74) is 0. The second-order valence-corrected chi connectivity index (χ2v) is 29.6. The molecule has 0 aromatic rings. The zero-order valence-corrected chi connectivity index (χ0v) is 60.9. The van der Waals surface area contributed by atoms with Crippen LogP contribution in [-0.2, 0) is 65.4 Å². The largest absolute Gasteiger partial charge is 0.472 e. The van der Waals surface area contributed by atoms with Crippen molar-refractivity contribution in [2.24, 2.45) is 11.8 Å². The van der Waals surface area contributed by atoms with E-state index in [1.807, 2.05) is 0 Å². The molecule has 17 nitrogen and oxygen atoms in total. The van der Waals surface area contributed by atoms with Crippen LogP contribution in [0.1, 0.15) is 369 Å². The summed E-state index contributed by atoms with van der Waals surface area (Å²) >= 11 is 0. The number of ether oxygens (including phenoxy) is 4. The Morgan fingerprint density at radius 2 is 0.560 bits per heavy atom. The predicted octanol–water partition coefficient (Wildman–Crippen LogP) is 20.8. The van der Waals surface area contributed by atoms with E-state index in [2.05, 4.69) is 41.5 Å². The predicted molar refractivity (Wildman–Crippen MR) is 368 cm³/mol. The van der Waals surface area contributed by atoms with E-state index < -0.39 is 97.5 Å². The number of aliphatic hydroxyl groups is 1. The zero-order valence-electron chi connectivity index (χ0n) is 59.1. The second kappa shape index (κ2) is 64.1. The number of esters is 4. The van der Waals surface area contributed by atoms with Gasteiger partial charge < -0.3 is 33.8 Å². The first kappa shape index (κ1) is 89.1. The van der Waals surface area contributed by atoms with Crippen LogP contribution in [-0.4, -0.2) is 96.7 Å². The van der Waals surface area contributed by atoms with E-state index in [1.54, 1.807) is 0 Å². The van der Waals surface area contributed by atoms with Crippen LogP contribution in [0.2, 0.25) is 0 Å². The lowest BCUT2D eigenvalue weighted by atomic mass is 9.99. The van der Waals surface area contributed by atoms with Crippen molar-refractivity contribution in [1.82, 2.24) is 0 Å². The summed E-state index contributed by atoms with van der Waals surface area (Å²) in [6.07, 6.45) is 49.9. The van der Waals surface area contributed by atoms with Crippen molar-refractivity contribution in [1.29, 1.82) is 0 Å². The monoisotopic (exact) mass is 1340 g/mol. The summed E-state index contributed by atoms with van der Waals surface area (Å²) in [5.74, 6) is -0.572. The Labute approximate surface area is 556 Å². The summed E-state index contributed by atoms with van der Waals surface area (Å²) < 4.78 is 68.3. The highest BCUT2D eigenvalue weighted by molar-refractivity contribution is 7.47. The fraction of sp³-hybridized carbons (Fsp3) is 0.944. The van der Waals surface area contributed by atoms with Gasteiger partial charge in [-0.3, -0.25) is 37.3 Å². The van der Waals surface area contributed by atoms with Gasteiger partial charge in [-0.05, 0) is 37.5 Å². The van der Waals surface area contributed by atoms with Crippen LogP contribution >= 0.6 is 15.6 Å². The maximum atomic E-state index is 13.0. The average molecular weight is 1340 g/mol. The number of unbranched alkanes of at least 4 members (excludes halogenated alkanes) is 40. The highest BCUT2D eigenvalue weighted by Gasteiger charge is 2.30. The van der Waals surface area contributed by atoms with Crippen molar-refractivity contribution >= 4 is 39.5 Å². The third-order valence-electron chi connectivity index (χ3n) is 17.1. The van der Waals surface area contributed by atoms with E-state index in [0.717, 1.165) is 108 Å². The molecular formula is C72H140O17P2. The fourth-order valence-corrected chi connectivity index (χ4v) is 12.5. The number of hydrogen-bond acceptors (Lipinski definition) is 15. The van der Waals surface area contributed by atoms with Crippen LogP contribution in [0.3, 0.4) is 0 Å². The fourth-order valence-electron chi connectivity index (χ4n) is 10.9. The van der Waals surface area contributed by atoms with Crippen molar-refractivity contribution in [3.63, 3.8) is 0 Å². The van der Waals surface area contributed by atoms with Gasteiger partial charge in [0.2, 0.25) is 0 Å². The molecule has 19 heteroatoms. The molecule has 0 aliphatic heterocycles.